The van der Waals surface area contributed by atoms with Gasteiger partial charge in [0.1, 0.15) is 11.6 Å². The summed E-state index contributed by atoms with van der Waals surface area (Å²) in [6.45, 7) is 3.74. The maximum absolute atomic E-state index is 11.0. The second-order valence-electron chi connectivity index (χ2n) is 5.11. The average molecular weight is 306 g/mol. The van der Waals surface area contributed by atoms with Crippen LogP contribution in [0.1, 0.15) is 17.3 Å². The molecule has 1 saturated heterocycles. The highest BCUT2D eigenvalue weighted by Gasteiger charge is 2.29. The monoisotopic (exact) mass is 306 g/mol. The molecule has 0 aliphatic carbocycles. The van der Waals surface area contributed by atoms with Gasteiger partial charge in [-0.05, 0) is 13.0 Å². The minimum absolute atomic E-state index is 0.00561. The van der Waals surface area contributed by atoms with Crippen LogP contribution in [0.5, 0.6) is 0 Å². The van der Waals surface area contributed by atoms with Gasteiger partial charge in [-0.15, -0.1) is 0 Å². The van der Waals surface area contributed by atoms with Gasteiger partial charge in [-0.2, -0.15) is 0 Å². The number of anilines is 1. The fourth-order valence-electron chi connectivity index (χ4n) is 2.61. The zero-order valence-electron chi connectivity index (χ0n) is 12.4. The van der Waals surface area contributed by atoms with E-state index in [0.717, 1.165) is 0 Å². The van der Waals surface area contributed by atoms with Crippen molar-refractivity contribution in [3.05, 3.63) is 17.8 Å². The number of nitrogens with zero attached hydrogens (tertiary/aromatic N) is 3. The van der Waals surface area contributed by atoms with Crippen LogP contribution in [0.25, 0.3) is 11.2 Å². The number of hydrogen-bond acceptors (Lipinski definition) is 6. The summed E-state index contributed by atoms with van der Waals surface area (Å²) in [4.78, 5) is 19.7. The zero-order valence-corrected chi connectivity index (χ0v) is 12.4. The Hall–Kier alpha value is -2.19. The Bertz CT molecular complexity index is 699. The molecular formula is C14H18N4O4. The molecule has 0 bridgehead atoms. The zero-order chi connectivity index (χ0) is 15.7. The van der Waals surface area contributed by atoms with Gasteiger partial charge in [0.05, 0.1) is 24.8 Å². The van der Waals surface area contributed by atoms with Crippen LogP contribution in [0.4, 0.5) is 5.95 Å². The van der Waals surface area contributed by atoms with Gasteiger partial charge in [-0.25, -0.2) is 14.8 Å². The van der Waals surface area contributed by atoms with Crippen molar-refractivity contribution in [2.75, 3.05) is 25.6 Å². The summed E-state index contributed by atoms with van der Waals surface area (Å²) < 4.78 is 12.7. The summed E-state index contributed by atoms with van der Waals surface area (Å²) in [6.07, 6.45) is 1.31. The molecule has 3 heterocycles. The molecule has 1 aliphatic heterocycles. The van der Waals surface area contributed by atoms with Crippen LogP contribution in [0, 0.1) is 0 Å². The van der Waals surface area contributed by atoms with E-state index in [2.05, 4.69) is 15.3 Å². The number of carboxylic acids is 1. The number of pyridine rings is 1. The molecular weight excluding hydrogens is 288 g/mol. The minimum atomic E-state index is -1.02. The van der Waals surface area contributed by atoms with E-state index >= 15 is 0 Å². The van der Waals surface area contributed by atoms with Gasteiger partial charge in [-0.1, -0.05) is 0 Å². The number of hydrogen-bond donors (Lipinski definition) is 2. The highest BCUT2D eigenvalue weighted by molar-refractivity contribution is 5.91. The van der Waals surface area contributed by atoms with E-state index in [4.69, 9.17) is 14.6 Å². The fourth-order valence-corrected chi connectivity index (χ4v) is 2.61. The summed E-state index contributed by atoms with van der Waals surface area (Å²) >= 11 is 0. The van der Waals surface area contributed by atoms with E-state index in [1.54, 1.807) is 7.11 Å². The summed E-state index contributed by atoms with van der Waals surface area (Å²) in [5.74, 6) is -0.372. The number of aromatic carboxylic acids is 1. The third-order valence-corrected chi connectivity index (χ3v) is 3.79. The first-order valence-corrected chi connectivity index (χ1v) is 7.10. The smallest absolute Gasteiger partial charge is 0.337 e. The molecule has 1 fully saturated rings. The molecule has 2 aromatic heterocycles. The fraction of sp³-hybridized carbons (Fsp3) is 0.500. The molecule has 0 aromatic carbocycles. The predicted octanol–water partition coefficient (Wildman–Crippen LogP) is 0.975. The lowest BCUT2D eigenvalue weighted by molar-refractivity contribution is 0.0696. The molecule has 118 valence electrons. The van der Waals surface area contributed by atoms with Gasteiger partial charge in [0.25, 0.3) is 0 Å². The van der Waals surface area contributed by atoms with Crippen LogP contribution in [0.15, 0.2) is 12.3 Å². The van der Waals surface area contributed by atoms with E-state index in [1.807, 2.05) is 11.5 Å². The number of imidazole rings is 1. The number of carbonyl (C=O) groups is 1. The molecule has 0 saturated carbocycles. The van der Waals surface area contributed by atoms with Crippen LogP contribution >= 0.6 is 0 Å². The first kappa shape index (κ1) is 14.7. The highest BCUT2D eigenvalue weighted by atomic mass is 16.5. The number of carboxylic acid groups (broad SMARTS) is 1. The van der Waals surface area contributed by atoms with Crippen molar-refractivity contribution in [3.8, 4) is 0 Å². The largest absolute Gasteiger partial charge is 0.478 e. The first-order chi connectivity index (χ1) is 10.6. The number of aromatic nitrogens is 3. The molecule has 8 nitrogen and oxygen atoms in total. The lowest BCUT2D eigenvalue weighted by Gasteiger charge is -2.18. The van der Waals surface area contributed by atoms with E-state index in [1.165, 1.54) is 12.3 Å². The van der Waals surface area contributed by atoms with Gasteiger partial charge < -0.3 is 19.9 Å². The molecule has 2 aromatic rings. The average Bonchev–Trinajstić information content (AvgIpc) is 3.09. The number of aryl methyl sites for hydroxylation is 1. The van der Waals surface area contributed by atoms with Crippen LogP contribution in [-0.2, 0) is 16.0 Å². The van der Waals surface area contributed by atoms with Gasteiger partial charge in [0, 0.05) is 19.9 Å². The SMILES string of the molecule is CCn1c(N[C@H]2COC[C@@H]2OC)nc2cc(C(=O)O)cnc21. The van der Waals surface area contributed by atoms with Gasteiger partial charge in [0.15, 0.2) is 5.65 Å². The number of methoxy groups -OCH3 is 1. The quantitative estimate of drug-likeness (QED) is 0.849. The Morgan fingerprint density at radius 2 is 2.41 bits per heavy atom. The molecule has 2 N–H and O–H groups in total. The van der Waals surface area contributed by atoms with Gasteiger partial charge >= 0.3 is 5.97 Å². The third kappa shape index (κ3) is 2.51. The van der Waals surface area contributed by atoms with Crippen LogP contribution in [0.2, 0.25) is 0 Å². The molecule has 0 spiro atoms. The molecule has 3 rings (SSSR count). The van der Waals surface area contributed by atoms with E-state index in [-0.39, 0.29) is 17.7 Å². The van der Waals surface area contributed by atoms with E-state index < -0.39 is 5.97 Å². The van der Waals surface area contributed by atoms with Crippen molar-refractivity contribution < 1.29 is 19.4 Å². The number of rotatable bonds is 5. The Balaban J connectivity index is 1.96. The molecule has 22 heavy (non-hydrogen) atoms. The Kier molecular flexibility index (Phi) is 3.95. The molecule has 0 amide bonds. The minimum Gasteiger partial charge on any atom is -0.478 e. The summed E-state index contributed by atoms with van der Waals surface area (Å²) in [7, 11) is 1.65. The normalized spacial score (nSPS) is 21.4. The summed E-state index contributed by atoms with van der Waals surface area (Å²) in [6, 6.07) is 1.53. The van der Waals surface area contributed by atoms with Crippen molar-refractivity contribution in [3.63, 3.8) is 0 Å². The van der Waals surface area contributed by atoms with Crippen LogP contribution < -0.4 is 5.32 Å². The molecule has 8 heteroatoms. The second kappa shape index (κ2) is 5.90. The van der Waals surface area contributed by atoms with E-state index in [9.17, 15) is 4.79 Å². The number of fused-ring (bicyclic) bond motifs is 1. The van der Waals surface area contributed by atoms with Crippen molar-refractivity contribution in [1.29, 1.82) is 0 Å². The van der Waals surface area contributed by atoms with Gasteiger partial charge in [-0.3, -0.25) is 4.57 Å². The summed E-state index contributed by atoms with van der Waals surface area (Å²) in [5.41, 5.74) is 1.33. The maximum Gasteiger partial charge on any atom is 0.337 e. The Morgan fingerprint density at radius 1 is 1.59 bits per heavy atom. The lowest BCUT2D eigenvalue weighted by atomic mass is 10.2. The van der Waals surface area contributed by atoms with Crippen molar-refractivity contribution in [2.45, 2.75) is 25.6 Å². The topological polar surface area (TPSA) is 98.5 Å². The predicted molar refractivity (Wildman–Crippen MR) is 79.2 cm³/mol. The molecule has 1 aliphatic rings. The summed E-state index contributed by atoms with van der Waals surface area (Å²) in [5, 5.41) is 12.4. The van der Waals surface area contributed by atoms with E-state index in [0.29, 0.717) is 36.9 Å². The number of nitrogens with one attached hydrogen (secondary N) is 1. The second-order valence-corrected chi connectivity index (χ2v) is 5.11. The molecule has 0 unspecified atom stereocenters. The van der Waals surface area contributed by atoms with Crippen LogP contribution in [0.3, 0.4) is 0 Å². The van der Waals surface area contributed by atoms with Crippen molar-refractivity contribution >= 4 is 23.1 Å². The molecule has 0 radical (unpaired) electrons. The van der Waals surface area contributed by atoms with Crippen molar-refractivity contribution in [1.82, 2.24) is 14.5 Å². The van der Waals surface area contributed by atoms with Crippen molar-refractivity contribution in [2.24, 2.45) is 0 Å². The maximum atomic E-state index is 11.0. The Morgan fingerprint density at radius 3 is 3.09 bits per heavy atom. The lowest BCUT2D eigenvalue weighted by Crippen LogP contribution is -2.34. The highest BCUT2D eigenvalue weighted by Crippen LogP contribution is 2.21. The first-order valence-electron chi connectivity index (χ1n) is 7.10. The van der Waals surface area contributed by atoms with Gasteiger partial charge in [0.2, 0.25) is 5.95 Å². The molecule has 2 atom stereocenters. The number of ether oxygens (including phenoxy) is 2. The third-order valence-electron chi connectivity index (χ3n) is 3.79. The van der Waals surface area contributed by atoms with Crippen LogP contribution in [-0.4, -0.2) is 58.1 Å². The standard InChI is InChI=1S/C14H18N4O4/c1-3-18-12-9(4-8(5-15-12)13(19)20)16-14(18)17-10-6-22-7-11(10)21-2/h4-5,10-11H,3,6-7H2,1-2H3,(H,16,17)(H,19,20)/t10-,11-/m0/s1. The Labute approximate surface area is 127 Å².